The van der Waals surface area contributed by atoms with Crippen LogP contribution < -0.4 is 10.1 Å². The summed E-state index contributed by atoms with van der Waals surface area (Å²) in [6.07, 6.45) is 3.04. The lowest BCUT2D eigenvalue weighted by Gasteiger charge is -2.26. The molecule has 0 spiro atoms. The molecule has 2 aliphatic rings. The second-order valence-electron chi connectivity index (χ2n) is 6.17. The molecule has 2 fully saturated rings. The summed E-state index contributed by atoms with van der Waals surface area (Å²) >= 11 is 0. The number of carbonyl (C=O) groups excluding carboxylic acids is 1. The quantitative estimate of drug-likeness (QED) is 0.874. The van der Waals surface area contributed by atoms with Crippen molar-refractivity contribution < 1.29 is 18.7 Å². The zero-order valence-electron chi connectivity index (χ0n) is 13.2. The topological polar surface area (TPSA) is 50.8 Å². The highest BCUT2D eigenvalue weighted by molar-refractivity contribution is 5.70. The third-order valence-electron chi connectivity index (χ3n) is 4.55. The molecule has 0 bridgehead atoms. The first kappa shape index (κ1) is 16.1. The average Bonchev–Trinajstić information content (AvgIpc) is 2.92. The van der Waals surface area contributed by atoms with Crippen molar-refractivity contribution in [3.05, 3.63) is 30.1 Å². The fourth-order valence-corrected chi connectivity index (χ4v) is 3.14. The van der Waals surface area contributed by atoms with Gasteiger partial charge in [0, 0.05) is 12.6 Å². The first-order chi connectivity index (χ1) is 11.2. The van der Waals surface area contributed by atoms with Gasteiger partial charge in [-0.2, -0.15) is 0 Å². The molecule has 23 heavy (non-hydrogen) atoms. The molecule has 1 aromatic carbocycles. The van der Waals surface area contributed by atoms with Crippen LogP contribution in [-0.4, -0.2) is 49.9 Å². The van der Waals surface area contributed by atoms with E-state index in [4.69, 9.17) is 9.47 Å². The molecule has 0 saturated carbocycles. The molecule has 1 amide bonds. The predicted octanol–water partition coefficient (Wildman–Crippen LogP) is 2.42. The van der Waals surface area contributed by atoms with E-state index in [1.54, 1.807) is 17.0 Å². The number of hydrogen-bond acceptors (Lipinski definition) is 4. The fourth-order valence-electron chi connectivity index (χ4n) is 3.14. The number of amides is 1. The summed E-state index contributed by atoms with van der Waals surface area (Å²) in [5.41, 5.74) is 0. The molecule has 126 valence electrons. The second-order valence-corrected chi connectivity index (χ2v) is 6.17. The Bertz CT molecular complexity index is 534. The van der Waals surface area contributed by atoms with E-state index in [-0.39, 0.29) is 18.0 Å². The fraction of sp³-hybridized carbons (Fsp3) is 0.588. The minimum atomic E-state index is -0.330. The van der Waals surface area contributed by atoms with Crippen molar-refractivity contribution >= 4 is 6.09 Å². The molecule has 1 unspecified atom stereocenters. The largest absolute Gasteiger partial charge is 0.491 e. The van der Waals surface area contributed by atoms with E-state index in [1.807, 2.05) is 0 Å². The number of halogens is 1. The number of piperidine rings is 1. The maximum atomic E-state index is 13.2. The van der Waals surface area contributed by atoms with E-state index in [1.165, 1.54) is 12.1 Å². The second kappa shape index (κ2) is 7.64. The molecular formula is C17H23FN2O3. The highest BCUT2D eigenvalue weighted by atomic mass is 19.1. The van der Waals surface area contributed by atoms with E-state index < -0.39 is 0 Å². The maximum Gasteiger partial charge on any atom is 0.410 e. The standard InChI is InChI=1S/C17H23FN2O3/c18-14-2-1-3-16(10-14)22-11-15-12-23-17(21)20(15)9-6-13-4-7-19-8-5-13/h1-3,10,13,15,19H,4-9,11-12H2. The van der Waals surface area contributed by atoms with Gasteiger partial charge in [-0.25, -0.2) is 9.18 Å². The van der Waals surface area contributed by atoms with Crippen LogP contribution in [-0.2, 0) is 4.74 Å². The number of benzene rings is 1. The average molecular weight is 322 g/mol. The number of ether oxygens (including phenoxy) is 2. The van der Waals surface area contributed by atoms with Crippen molar-refractivity contribution in [3.8, 4) is 5.75 Å². The zero-order chi connectivity index (χ0) is 16.1. The van der Waals surface area contributed by atoms with Crippen LogP contribution in [0.15, 0.2) is 24.3 Å². The van der Waals surface area contributed by atoms with Gasteiger partial charge in [0.2, 0.25) is 0 Å². The number of rotatable bonds is 6. The first-order valence-electron chi connectivity index (χ1n) is 8.25. The highest BCUT2D eigenvalue weighted by Crippen LogP contribution is 2.21. The molecule has 5 nitrogen and oxygen atoms in total. The lowest BCUT2D eigenvalue weighted by molar-refractivity contribution is 0.151. The minimum Gasteiger partial charge on any atom is -0.491 e. The molecule has 0 aliphatic carbocycles. The summed E-state index contributed by atoms with van der Waals surface area (Å²) in [6.45, 7) is 3.46. The normalized spacial score (nSPS) is 22.2. The van der Waals surface area contributed by atoms with E-state index in [0.29, 0.717) is 31.4 Å². The summed E-state index contributed by atoms with van der Waals surface area (Å²) in [7, 11) is 0. The summed E-state index contributed by atoms with van der Waals surface area (Å²) in [5.74, 6) is 0.807. The van der Waals surface area contributed by atoms with Crippen LogP contribution in [0.2, 0.25) is 0 Å². The lowest BCUT2D eigenvalue weighted by atomic mass is 9.94. The third kappa shape index (κ3) is 4.34. The maximum absolute atomic E-state index is 13.2. The molecule has 1 atom stereocenters. The minimum absolute atomic E-state index is 0.104. The van der Waals surface area contributed by atoms with Gasteiger partial charge in [-0.1, -0.05) is 6.07 Å². The summed E-state index contributed by atoms with van der Waals surface area (Å²) in [6, 6.07) is 5.93. The summed E-state index contributed by atoms with van der Waals surface area (Å²) < 4.78 is 23.9. The van der Waals surface area contributed by atoms with Crippen molar-refractivity contribution in [1.82, 2.24) is 10.2 Å². The van der Waals surface area contributed by atoms with Crippen LogP contribution in [0.25, 0.3) is 0 Å². The smallest absolute Gasteiger partial charge is 0.410 e. The molecule has 3 rings (SSSR count). The molecule has 1 N–H and O–H groups in total. The Labute approximate surface area is 135 Å². The molecule has 0 aromatic heterocycles. The van der Waals surface area contributed by atoms with Gasteiger partial charge in [0.05, 0.1) is 0 Å². The van der Waals surface area contributed by atoms with Crippen molar-refractivity contribution in [3.63, 3.8) is 0 Å². The lowest BCUT2D eigenvalue weighted by Crippen LogP contribution is -2.39. The van der Waals surface area contributed by atoms with Gasteiger partial charge in [-0.3, -0.25) is 4.90 Å². The van der Waals surface area contributed by atoms with Crippen LogP contribution in [0, 0.1) is 11.7 Å². The van der Waals surface area contributed by atoms with E-state index >= 15 is 0 Å². The molecule has 2 heterocycles. The van der Waals surface area contributed by atoms with E-state index in [9.17, 15) is 9.18 Å². The van der Waals surface area contributed by atoms with Crippen LogP contribution in [0.4, 0.5) is 9.18 Å². The Morgan fingerprint density at radius 1 is 1.35 bits per heavy atom. The Morgan fingerprint density at radius 2 is 2.17 bits per heavy atom. The van der Waals surface area contributed by atoms with Gasteiger partial charge in [-0.05, 0) is 50.4 Å². The SMILES string of the molecule is O=C1OCC(COc2cccc(F)c2)N1CCC1CCNCC1. The van der Waals surface area contributed by atoms with Crippen molar-refractivity contribution in [2.45, 2.75) is 25.3 Å². The Morgan fingerprint density at radius 3 is 2.96 bits per heavy atom. The predicted molar refractivity (Wildman–Crippen MR) is 83.9 cm³/mol. The molecule has 0 radical (unpaired) electrons. The Hall–Kier alpha value is -1.82. The number of nitrogens with zero attached hydrogens (tertiary/aromatic N) is 1. The van der Waals surface area contributed by atoms with E-state index in [2.05, 4.69) is 5.32 Å². The number of carbonyl (C=O) groups is 1. The Kier molecular flexibility index (Phi) is 5.33. The van der Waals surface area contributed by atoms with Gasteiger partial charge in [0.1, 0.15) is 30.8 Å². The Balaban J connectivity index is 1.50. The van der Waals surface area contributed by atoms with Crippen molar-refractivity contribution in [2.75, 3.05) is 32.8 Å². The zero-order valence-corrected chi connectivity index (χ0v) is 13.2. The van der Waals surface area contributed by atoms with Crippen molar-refractivity contribution in [1.29, 1.82) is 0 Å². The van der Waals surface area contributed by atoms with Crippen LogP contribution >= 0.6 is 0 Å². The summed E-state index contributed by atoms with van der Waals surface area (Å²) in [4.78, 5) is 13.6. The van der Waals surface area contributed by atoms with Crippen molar-refractivity contribution in [2.24, 2.45) is 5.92 Å². The first-order valence-corrected chi connectivity index (χ1v) is 8.25. The van der Waals surface area contributed by atoms with Crippen LogP contribution in [0.5, 0.6) is 5.75 Å². The number of hydrogen-bond donors (Lipinski definition) is 1. The molecular weight excluding hydrogens is 299 g/mol. The van der Waals surface area contributed by atoms with Crippen LogP contribution in [0.3, 0.4) is 0 Å². The van der Waals surface area contributed by atoms with Crippen LogP contribution in [0.1, 0.15) is 19.3 Å². The summed E-state index contributed by atoms with van der Waals surface area (Å²) in [5, 5.41) is 3.35. The van der Waals surface area contributed by atoms with E-state index in [0.717, 1.165) is 32.4 Å². The molecule has 6 heteroatoms. The van der Waals surface area contributed by atoms with Gasteiger partial charge in [0.15, 0.2) is 0 Å². The molecule has 2 saturated heterocycles. The monoisotopic (exact) mass is 322 g/mol. The number of nitrogens with one attached hydrogen (secondary N) is 1. The molecule has 1 aromatic rings. The van der Waals surface area contributed by atoms with Gasteiger partial charge >= 0.3 is 6.09 Å². The molecule has 2 aliphatic heterocycles. The van der Waals surface area contributed by atoms with Gasteiger partial charge in [0.25, 0.3) is 0 Å². The highest BCUT2D eigenvalue weighted by Gasteiger charge is 2.33. The number of cyclic esters (lactones) is 1. The van der Waals surface area contributed by atoms with Gasteiger partial charge in [-0.15, -0.1) is 0 Å². The third-order valence-corrected chi connectivity index (χ3v) is 4.55. The van der Waals surface area contributed by atoms with Gasteiger partial charge < -0.3 is 14.8 Å².